The van der Waals surface area contributed by atoms with E-state index in [2.05, 4.69) is 15.8 Å². The molecular weight excluding hydrogens is 302 g/mol. The van der Waals surface area contributed by atoms with Crippen LogP contribution in [0.4, 0.5) is 0 Å². The molecule has 23 heavy (non-hydrogen) atoms. The van der Waals surface area contributed by atoms with Gasteiger partial charge in [-0.1, -0.05) is 25.5 Å². The molecular formula is C15H19N3O5. The van der Waals surface area contributed by atoms with E-state index in [9.17, 15) is 14.4 Å². The highest BCUT2D eigenvalue weighted by Gasteiger charge is 2.11. The molecule has 1 aromatic carbocycles. The van der Waals surface area contributed by atoms with Gasteiger partial charge in [-0.2, -0.15) is 5.10 Å². The molecule has 0 aromatic heterocycles. The van der Waals surface area contributed by atoms with Crippen LogP contribution in [0.2, 0.25) is 0 Å². The summed E-state index contributed by atoms with van der Waals surface area (Å²) in [6.45, 7) is 1.91. The number of rotatable bonds is 8. The first kappa shape index (κ1) is 18.1. The molecule has 2 amide bonds. The number of unbranched alkanes of at least 4 members (excludes halogenated alkanes) is 1. The van der Waals surface area contributed by atoms with Gasteiger partial charge in [0.05, 0.1) is 6.21 Å². The maximum Gasteiger partial charge on any atom is 0.341 e. The Morgan fingerprint density at radius 2 is 2.00 bits per heavy atom. The number of carbonyl (C=O) groups excluding carboxylic acids is 2. The smallest absolute Gasteiger partial charge is 0.341 e. The van der Waals surface area contributed by atoms with Gasteiger partial charge in [-0.3, -0.25) is 9.59 Å². The number of nitrogens with one attached hydrogen (secondary N) is 2. The van der Waals surface area contributed by atoms with Crippen LogP contribution in [0.5, 0.6) is 5.75 Å². The Morgan fingerprint density at radius 1 is 1.26 bits per heavy atom. The first-order valence-electron chi connectivity index (χ1n) is 7.09. The van der Waals surface area contributed by atoms with E-state index < -0.39 is 24.4 Å². The van der Waals surface area contributed by atoms with Crippen LogP contribution in [0.3, 0.4) is 0 Å². The number of carbonyl (C=O) groups is 3. The number of amides is 2. The van der Waals surface area contributed by atoms with Crippen molar-refractivity contribution in [2.75, 3.05) is 13.2 Å². The quantitative estimate of drug-likeness (QED) is 0.279. The highest BCUT2D eigenvalue weighted by atomic mass is 16.5. The molecule has 0 saturated carbocycles. The van der Waals surface area contributed by atoms with E-state index in [0.29, 0.717) is 17.9 Å². The van der Waals surface area contributed by atoms with Crippen LogP contribution in [0, 0.1) is 0 Å². The van der Waals surface area contributed by atoms with Gasteiger partial charge in [-0.25, -0.2) is 10.2 Å². The molecule has 0 spiro atoms. The van der Waals surface area contributed by atoms with E-state index in [-0.39, 0.29) is 0 Å². The minimum absolute atomic E-state index is 0.306. The van der Waals surface area contributed by atoms with Gasteiger partial charge in [0, 0.05) is 12.1 Å². The SMILES string of the molecule is CCCCNC(=O)C(=O)N/N=C\c1ccccc1OCC(=O)O. The predicted molar refractivity (Wildman–Crippen MR) is 83.2 cm³/mol. The number of carboxylic acid groups (broad SMARTS) is 1. The Labute approximate surface area is 133 Å². The number of nitrogens with zero attached hydrogens (tertiary/aromatic N) is 1. The predicted octanol–water partition coefficient (Wildman–Crippen LogP) is 0.516. The van der Waals surface area contributed by atoms with Gasteiger partial charge in [-0.15, -0.1) is 0 Å². The Morgan fingerprint density at radius 3 is 2.70 bits per heavy atom. The molecule has 3 N–H and O–H groups in total. The lowest BCUT2D eigenvalue weighted by Gasteiger charge is -2.06. The van der Waals surface area contributed by atoms with Crippen LogP contribution in [-0.4, -0.2) is 42.3 Å². The van der Waals surface area contributed by atoms with E-state index >= 15 is 0 Å². The van der Waals surface area contributed by atoms with Crippen LogP contribution in [-0.2, 0) is 14.4 Å². The largest absolute Gasteiger partial charge is 0.481 e. The molecule has 0 unspecified atom stereocenters. The number of hydrogen-bond donors (Lipinski definition) is 3. The highest BCUT2D eigenvalue weighted by Crippen LogP contribution is 2.15. The van der Waals surface area contributed by atoms with Gasteiger partial charge in [0.1, 0.15) is 5.75 Å². The molecule has 0 aliphatic carbocycles. The third kappa shape index (κ3) is 7.07. The van der Waals surface area contributed by atoms with Gasteiger partial charge in [0.25, 0.3) is 0 Å². The summed E-state index contributed by atoms with van der Waals surface area (Å²) in [6, 6.07) is 6.58. The fraction of sp³-hybridized carbons (Fsp3) is 0.333. The fourth-order valence-corrected chi connectivity index (χ4v) is 1.53. The molecule has 8 nitrogen and oxygen atoms in total. The van der Waals surface area contributed by atoms with E-state index in [0.717, 1.165) is 12.8 Å². The molecule has 0 saturated heterocycles. The monoisotopic (exact) mass is 321 g/mol. The van der Waals surface area contributed by atoms with Gasteiger partial charge in [0.2, 0.25) is 0 Å². The molecule has 0 fully saturated rings. The number of ether oxygens (including phenoxy) is 1. The number of carboxylic acids is 1. The summed E-state index contributed by atoms with van der Waals surface area (Å²) in [5.41, 5.74) is 2.57. The molecule has 0 aliphatic rings. The average Bonchev–Trinajstić information content (AvgIpc) is 2.53. The average molecular weight is 321 g/mol. The zero-order valence-corrected chi connectivity index (χ0v) is 12.7. The van der Waals surface area contributed by atoms with Crippen molar-refractivity contribution in [3.05, 3.63) is 29.8 Å². The van der Waals surface area contributed by atoms with Crippen molar-refractivity contribution in [3.8, 4) is 5.75 Å². The minimum Gasteiger partial charge on any atom is -0.481 e. The third-order valence-electron chi connectivity index (χ3n) is 2.66. The lowest BCUT2D eigenvalue weighted by Crippen LogP contribution is -2.38. The van der Waals surface area contributed by atoms with Crippen molar-refractivity contribution in [2.24, 2.45) is 5.10 Å². The second kappa shape index (κ2) is 9.93. The van der Waals surface area contributed by atoms with Crippen molar-refractivity contribution < 1.29 is 24.2 Å². The molecule has 0 heterocycles. The normalized spacial score (nSPS) is 10.3. The summed E-state index contributed by atoms with van der Waals surface area (Å²) in [6.07, 6.45) is 2.97. The Bertz CT molecular complexity index is 586. The summed E-state index contributed by atoms with van der Waals surface area (Å²) in [5, 5.41) is 14.7. The van der Waals surface area contributed by atoms with Crippen molar-refractivity contribution in [1.82, 2.24) is 10.7 Å². The van der Waals surface area contributed by atoms with Crippen molar-refractivity contribution in [2.45, 2.75) is 19.8 Å². The molecule has 0 radical (unpaired) electrons. The Kier molecular flexibility index (Phi) is 7.84. The highest BCUT2D eigenvalue weighted by molar-refractivity contribution is 6.35. The maximum atomic E-state index is 11.5. The van der Waals surface area contributed by atoms with Crippen LogP contribution >= 0.6 is 0 Å². The summed E-state index contributed by atoms with van der Waals surface area (Å²) in [5.74, 6) is -2.43. The lowest BCUT2D eigenvalue weighted by molar-refractivity contribution is -0.139. The van der Waals surface area contributed by atoms with Crippen molar-refractivity contribution >= 4 is 24.0 Å². The number of hydrogen-bond acceptors (Lipinski definition) is 5. The molecule has 0 aliphatic heterocycles. The van der Waals surface area contributed by atoms with Gasteiger partial charge in [0.15, 0.2) is 6.61 Å². The summed E-state index contributed by atoms with van der Waals surface area (Å²) in [7, 11) is 0. The zero-order valence-electron chi connectivity index (χ0n) is 12.7. The fourth-order valence-electron chi connectivity index (χ4n) is 1.53. The first-order chi connectivity index (χ1) is 11.0. The Hall–Kier alpha value is -2.90. The number of para-hydroxylation sites is 1. The summed E-state index contributed by atoms with van der Waals surface area (Å²) >= 11 is 0. The van der Waals surface area contributed by atoms with Gasteiger partial charge < -0.3 is 15.2 Å². The van der Waals surface area contributed by atoms with Crippen molar-refractivity contribution in [1.29, 1.82) is 0 Å². The molecule has 1 rings (SSSR count). The number of benzene rings is 1. The number of hydrazone groups is 1. The van der Waals surface area contributed by atoms with E-state index in [4.69, 9.17) is 9.84 Å². The maximum absolute atomic E-state index is 11.5. The van der Waals surface area contributed by atoms with E-state index in [1.165, 1.54) is 6.21 Å². The van der Waals surface area contributed by atoms with Crippen LogP contribution in [0.25, 0.3) is 0 Å². The van der Waals surface area contributed by atoms with Gasteiger partial charge >= 0.3 is 17.8 Å². The summed E-state index contributed by atoms with van der Waals surface area (Å²) in [4.78, 5) is 33.4. The third-order valence-corrected chi connectivity index (χ3v) is 2.66. The standard InChI is InChI=1S/C15H19N3O5/c1-2-3-8-16-14(21)15(22)18-17-9-11-6-4-5-7-12(11)23-10-13(19)20/h4-7,9H,2-3,8,10H2,1H3,(H,16,21)(H,18,22)(H,19,20)/b17-9-. The molecule has 1 aromatic rings. The Balaban J connectivity index is 2.55. The number of aliphatic carboxylic acids is 1. The van der Waals surface area contributed by atoms with Crippen LogP contribution in [0.15, 0.2) is 29.4 Å². The molecule has 8 heteroatoms. The topological polar surface area (TPSA) is 117 Å². The molecule has 0 bridgehead atoms. The van der Waals surface area contributed by atoms with Gasteiger partial charge in [-0.05, 0) is 18.6 Å². The minimum atomic E-state index is -1.10. The van der Waals surface area contributed by atoms with Crippen molar-refractivity contribution in [3.63, 3.8) is 0 Å². The first-order valence-corrected chi connectivity index (χ1v) is 7.09. The second-order valence-electron chi connectivity index (χ2n) is 4.53. The van der Waals surface area contributed by atoms with E-state index in [1.807, 2.05) is 6.92 Å². The molecule has 0 atom stereocenters. The van der Waals surface area contributed by atoms with Crippen LogP contribution < -0.4 is 15.5 Å². The van der Waals surface area contributed by atoms with Crippen LogP contribution in [0.1, 0.15) is 25.3 Å². The molecule has 124 valence electrons. The second-order valence-corrected chi connectivity index (χ2v) is 4.53. The lowest BCUT2D eigenvalue weighted by atomic mass is 10.2. The van der Waals surface area contributed by atoms with E-state index in [1.54, 1.807) is 24.3 Å². The summed E-state index contributed by atoms with van der Waals surface area (Å²) < 4.78 is 5.09. The zero-order chi connectivity index (χ0) is 17.1.